The Morgan fingerprint density at radius 1 is 1.30 bits per heavy atom. The summed E-state index contributed by atoms with van der Waals surface area (Å²) in [6.07, 6.45) is -0.861. The summed E-state index contributed by atoms with van der Waals surface area (Å²) in [4.78, 5) is 1.43. The van der Waals surface area contributed by atoms with Crippen molar-refractivity contribution in [3.8, 4) is 0 Å². The molecule has 3 nitrogen and oxygen atoms in total. The van der Waals surface area contributed by atoms with Crippen molar-refractivity contribution < 1.29 is 18.3 Å². The van der Waals surface area contributed by atoms with Crippen molar-refractivity contribution in [1.29, 1.82) is 0 Å². The van der Waals surface area contributed by atoms with E-state index in [4.69, 9.17) is 0 Å². The van der Waals surface area contributed by atoms with Crippen LogP contribution >= 0.6 is 0 Å². The van der Waals surface area contributed by atoms with Gasteiger partial charge in [0.1, 0.15) is 5.60 Å². The van der Waals surface area contributed by atoms with Crippen LogP contribution in [0, 0.1) is 0 Å². The number of hydrogen-bond donors (Lipinski definition) is 2. The van der Waals surface area contributed by atoms with E-state index in [1.54, 1.807) is 0 Å². The number of hydrogen-bond acceptors (Lipinski definition) is 3. The van der Waals surface area contributed by atoms with Crippen molar-refractivity contribution in [2.75, 3.05) is 26.2 Å². The van der Waals surface area contributed by atoms with Crippen molar-refractivity contribution in [2.24, 2.45) is 0 Å². The molecule has 2 N–H and O–H groups in total. The van der Waals surface area contributed by atoms with Gasteiger partial charge in [-0.3, -0.25) is 4.90 Å². The highest BCUT2D eigenvalue weighted by atomic mass is 19.4. The number of likely N-dealkylation sites (tertiary alicyclic amines) is 1. The predicted molar refractivity (Wildman–Crippen MR) is 82.2 cm³/mol. The van der Waals surface area contributed by atoms with Gasteiger partial charge in [0.05, 0.1) is 6.54 Å². The second-order valence-corrected chi connectivity index (χ2v) is 6.76. The summed E-state index contributed by atoms with van der Waals surface area (Å²) in [7, 11) is 0. The topological polar surface area (TPSA) is 35.5 Å². The summed E-state index contributed by atoms with van der Waals surface area (Å²) in [5.74, 6) is 0. The molecule has 2 aliphatic rings. The molecule has 3 rings (SSSR count). The highest BCUT2D eigenvalue weighted by Crippen LogP contribution is 2.35. The van der Waals surface area contributed by atoms with E-state index in [1.807, 2.05) is 24.3 Å². The third kappa shape index (κ3) is 4.05. The summed E-state index contributed by atoms with van der Waals surface area (Å²) in [6, 6.07) is 7.91. The number of aryl methyl sites for hydroxylation is 1. The molecule has 1 aromatic rings. The minimum absolute atomic E-state index is 0.00969. The first-order valence-electron chi connectivity index (χ1n) is 8.19. The number of benzene rings is 1. The van der Waals surface area contributed by atoms with Gasteiger partial charge in [0.2, 0.25) is 0 Å². The van der Waals surface area contributed by atoms with Crippen molar-refractivity contribution in [1.82, 2.24) is 10.2 Å². The first-order valence-corrected chi connectivity index (χ1v) is 8.19. The monoisotopic (exact) mass is 328 g/mol. The Morgan fingerprint density at radius 3 is 2.87 bits per heavy atom. The van der Waals surface area contributed by atoms with Crippen molar-refractivity contribution >= 4 is 0 Å². The molecule has 1 aliphatic carbocycles. The Kier molecular flexibility index (Phi) is 4.67. The average Bonchev–Trinajstić information content (AvgIpc) is 2.91. The molecule has 0 radical (unpaired) electrons. The first kappa shape index (κ1) is 16.7. The maximum absolute atomic E-state index is 12.4. The summed E-state index contributed by atoms with van der Waals surface area (Å²) in [6.45, 7) is 0.385. The van der Waals surface area contributed by atoms with Crippen LogP contribution in [-0.2, 0) is 12.0 Å². The fourth-order valence-corrected chi connectivity index (χ4v) is 3.79. The fourth-order valence-electron chi connectivity index (χ4n) is 3.79. The predicted octanol–water partition coefficient (Wildman–Crippen LogP) is 2.44. The quantitative estimate of drug-likeness (QED) is 0.891. The van der Waals surface area contributed by atoms with Gasteiger partial charge in [-0.25, -0.2) is 0 Å². The normalized spacial score (nSPS) is 28.8. The minimum Gasteiger partial charge on any atom is -0.384 e. The van der Waals surface area contributed by atoms with Crippen LogP contribution in [0.15, 0.2) is 24.3 Å². The molecule has 23 heavy (non-hydrogen) atoms. The Morgan fingerprint density at radius 2 is 2.09 bits per heavy atom. The summed E-state index contributed by atoms with van der Waals surface area (Å²) in [5, 5.41) is 14.3. The summed E-state index contributed by atoms with van der Waals surface area (Å²) in [5.41, 5.74) is 1.23. The molecule has 2 unspecified atom stereocenters. The van der Waals surface area contributed by atoms with Gasteiger partial charge >= 0.3 is 6.18 Å². The third-order valence-electron chi connectivity index (χ3n) is 4.91. The summed E-state index contributed by atoms with van der Waals surface area (Å²) < 4.78 is 37.3. The van der Waals surface area contributed by atoms with Crippen molar-refractivity contribution in [2.45, 2.75) is 43.5 Å². The number of nitrogens with zero attached hydrogens (tertiary/aromatic N) is 1. The lowest BCUT2D eigenvalue weighted by molar-refractivity contribution is -0.143. The molecule has 0 spiro atoms. The summed E-state index contributed by atoms with van der Waals surface area (Å²) >= 11 is 0. The second-order valence-electron chi connectivity index (χ2n) is 6.76. The molecule has 1 aromatic carbocycles. The zero-order valence-electron chi connectivity index (χ0n) is 13.1. The van der Waals surface area contributed by atoms with Gasteiger partial charge < -0.3 is 10.4 Å². The van der Waals surface area contributed by atoms with E-state index in [-0.39, 0.29) is 6.04 Å². The van der Waals surface area contributed by atoms with Gasteiger partial charge in [0, 0.05) is 25.7 Å². The van der Waals surface area contributed by atoms with Crippen molar-refractivity contribution in [3.05, 3.63) is 35.4 Å². The van der Waals surface area contributed by atoms with E-state index in [0.29, 0.717) is 32.5 Å². The maximum atomic E-state index is 12.4. The standard InChI is InChI=1S/C17H23F3N2O/c18-17(19,20)12-22-9-7-14(10-22)21-11-16(23)8-3-5-13-4-1-2-6-15(13)16/h1-2,4,6,14,21,23H,3,5,7-12H2. The molecule has 2 atom stereocenters. The number of alkyl halides is 3. The molecule has 1 heterocycles. The Balaban J connectivity index is 1.57. The van der Waals surface area contributed by atoms with E-state index in [1.165, 1.54) is 10.5 Å². The Bertz CT molecular complexity index is 549. The Hall–Kier alpha value is -1.11. The number of halogens is 3. The van der Waals surface area contributed by atoms with Crippen LogP contribution in [-0.4, -0.2) is 48.4 Å². The fraction of sp³-hybridized carbons (Fsp3) is 0.647. The molecule has 6 heteroatoms. The van der Waals surface area contributed by atoms with E-state index in [9.17, 15) is 18.3 Å². The average molecular weight is 328 g/mol. The van der Waals surface area contributed by atoms with Crippen LogP contribution in [0.3, 0.4) is 0 Å². The molecule has 1 fully saturated rings. The van der Waals surface area contributed by atoms with E-state index in [2.05, 4.69) is 5.32 Å². The van der Waals surface area contributed by atoms with E-state index < -0.39 is 18.3 Å². The number of aliphatic hydroxyl groups is 1. The molecule has 0 aromatic heterocycles. The molecule has 0 amide bonds. The zero-order valence-corrected chi connectivity index (χ0v) is 13.1. The number of rotatable bonds is 4. The molecular formula is C17H23F3N2O. The van der Waals surface area contributed by atoms with E-state index >= 15 is 0 Å². The molecule has 1 saturated heterocycles. The van der Waals surface area contributed by atoms with Crippen molar-refractivity contribution in [3.63, 3.8) is 0 Å². The van der Waals surface area contributed by atoms with Crippen LogP contribution < -0.4 is 5.32 Å². The van der Waals surface area contributed by atoms with Crippen LogP contribution in [0.4, 0.5) is 13.2 Å². The lowest BCUT2D eigenvalue weighted by atomic mass is 9.79. The number of nitrogens with one attached hydrogen (secondary N) is 1. The van der Waals surface area contributed by atoms with Gasteiger partial charge in [-0.15, -0.1) is 0 Å². The minimum atomic E-state index is -4.14. The maximum Gasteiger partial charge on any atom is 0.401 e. The first-order chi connectivity index (χ1) is 10.9. The van der Waals surface area contributed by atoms with Crippen LogP contribution in [0.25, 0.3) is 0 Å². The smallest absolute Gasteiger partial charge is 0.384 e. The third-order valence-corrected chi connectivity index (χ3v) is 4.91. The molecule has 0 saturated carbocycles. The number of fused-ring (bicyclic) bond motifs is 1. The lowest BCUT2D eigenvalue weighted by Crippen LogP contribution is -2.45. The van der Waals surface area contributed by atoms with Crippen LogP contribution in [0.1, 0.15) is 30.4 Å². The Labute approximate surface area is 134 Å². The van der Waals surface area contributed by atoms with Gasteiger partial charge in [0.15, 0.2) is 0 Å². The van der Waals surface area contributed by atoms with E-state index in [0.717, 1.165) is 18.4 Å². The molecule has 0 bridgehead atoms. The molecular weight excluding hydrogens is 305 g/mol. The lowest BCUT2D eigenvalue weighted by Gasteiger charge is -2.35. The van der Waals surface area contributed by atoms with Gasteiger partial charge in [0.25, 0.3) is 0 Å². The molecule has 1 aliphatic heterocycles. The highest BCUT2D eigenvalue weighted by molar-refractivity contribution is 5.35. The SMILES string of the molecule is OC1(CNC2CCN(CC(F)(F)F)C2)CCCc2ccccc21. The largest absolute Gasteiger partial charge is 0.401 e. The van der Waals surface area contributed by atoms with Crippen LogP contribution in [0.2, 0.25) is 0 Å². The molecule has 128 valence electrons. The van der Waals surface area contributed by atoms with Gasteiger partial charge in [-0.05, 0) is 36.8 Å². The van der Waals surface area contributed by atoms with Gasteiger partial charge in [-0.2, -0.15) is 13.2 Å². The zero-order chi connectivity index (χ0) is 16.5. The van der Waals surface area contributed by atoms with Gasteiger partial charge in [-0.1, -0.05) is 24.3 Å². The van der Waals surface area contributed by atoms with Crippen LogP contribution in [0.5, 0.6) is 0 Å². The second kappa shape index (κ2) is 6.42. The highest BCUT2D eigenvalue weighted by Gasteiger charge is 2.37.